The van der Waals surface area contributed by atoms with E-state index in [9.17, 15) is 17.7 Å². The number of rotatable bonds is 6. The Labute approximate surface area is 188 Å². The highest BCUT2D eigenvalue weighted by molar-refractivity contribution is 7.72. The molecular formula is C23H17Cl2F3NOP. The summed E-state index contributed by atoms with van der Waals surface area (Å²) in [6.07, 6.45) is -4.53. The van der Waals surface area contributed by atoms with Crippen LogP contribution < -0.4 is 5.09 Å². The second-order valence-electron chi connectivity index (χ2n) is 6.59. The van der Waals surface area contributed by atoms with Crippen LogP contribution in [0.4, 0.5) is 18.9 Å². The van der Waals surface area contributed by atoms with Crippen molar-refractivity contribution in [3.05, 3.63) is 113 Å². The highest BCUT2D eigenvalue weighted by Crippen LogP contribution is 2.53. The van der Waals surface area contributed by atoms with Gasteiger partial charge in [-0.1, -0.05) is 89.9 Å². The Bertz CT molecular complexity index is 1090. The second kappa shape index (κ2) is 9.78. The number of benzene rings is 3. The van der Waals surface area contributed by atoms with Crippen LogP contribution in [0.2, 0.25) is 0 Å². The van der Waals surface area contributed by atoms with Crippen LogP contribution in [0, 0.1) is 0 Å². The van der Waals surface area contributed by atoms with Crippen LogP contribution in [0.1, 0.15) is 16.7 Å². The lowest BCUT2D eigenvalue weighted by molar-refractivity contribution is -0.137. The van der Waals surface area contributed by atoms with Crippen molar-refractivity contribution in [3.8, 4) is 0 Å². The fourth-order valence-electron chi connectivity index (χ4n) is 2.75. The molecule has 0 spiro atoms. The van der Waals surface area contributed by atoms with Crippen LogP contribution in [0.5, 0.6) is 0 Å². The number of alkyl halides is 3. The van der Waals surface area contributed by atoms with E-state index in [4.69, 9.17) is 23.2 Å². The van der Waals surface area contributed by atoms with Gasteiger partial charge in [0.2, 0.25) is 7.29 Å². The van der Waals surface area contributed by atoms with E-state index >= 15 is 0 Å². The third-order valence-electron chi connectivity index (χ3n) is 4.20. The zero-order chi connectivity index (χ0) is 22.5. The molecule has 1 unspecified atom stereocenters. The minimum absolute atomic E-state index is 0.0284. The Morgan fingerprint density at radius 2 is 1.26 bits per heavy atom. The van der Waals surface area contributed by atoms with Crippen molar-refractivity contribution in [1.29, 1.82) is 0 Å². The maximum atomic E-state index is 13.8. The van der Waals surface area contributed by atoms with Crippen LogP contribution in [0.25, 0.3) is 10.1 Å². The summed E-state index contributed by atoms with van der Waals surface area (Å²) in [6, 6.07) is 22.1. The Kier molecular flexibility index (Phi) is 7.32. The van der Waals surface area contributed by atoms with E-state index in [0.29, 0.717) is 11.1 Å². The molecular weight excluding hydrogens is 465 g/mol. The molecule has 8 heteroatoms. The summed E-state index contributed by atoms with van der Waals surface area (Å²) in [5.74, 6) is 2.57. The van der Waals surface area contributed by atoms with Gasteiger partial charge < -0.3 is 5.09 Å². The monoisotopic (exact) mass is 481 g/mol. The quantitative estimate of drug-likeness (QED) is 0.356. The summed E-state index contributed by atoms with van der Waals surface area (Å²) in [5, 5.41) is 3.06. The highest BCUT2D eigenvalue weighted by atomic mass is 35.5. The predicted molar refractivity (Wildman–Crippen MR) is 123 cm³/mol. The zero-order valence-corrected chi connectivity index (χ0v) is 18.4. The third-order valence-corrected chi connectivity index (χ3v) is 7.05. The lowest BCUT2D eigenvalue weighted by Crippen LogP contribution is -2.05. The standard InChI is InChI=1S/C23H17Cl2F3NOP/c24-21(17-8-3-1-4-9-17)15-31(30,16-22(25)18-10-5-2-6-11-18)29-20-13-7-12-19(14-20)23(26,27)28/h1-16H,(H,29,30)/b21-15-,22-16?. The highest BCUT2D eigenvalue weighted by Gasteiger charge is 2.31. The molecule has 3 aromatic rings. The Hall–Kier alpha value is -2.46. The summed E-state index contributed by atoms with van der Waals surface area (Å²) in [5.41, 5.74) is 0.389. The van der Waals surface area contributed by atoms with E-state index in [1.54, 1.807) is 60.7 Å². The molecule has 0 aromatic heterocycles. The van der Waals surface area contributed by atoms with Gasteiger partial charge in [-0.3, -0.25) is 4.57 Å². The number of nitrogens with one attached hydrogen (secondary N) is 1. The van der Waals surface area contributed by atoms with Crippen molar-refractivity contribution in [2.24, 2.45) is 0 Å². The fraction of sp³-hybridized carbons (Fsp3) is 0.0435. The van der Waals surface area contributed by atoms with Crippen LogP contribution >= 0.6 is 30.5 Å². The molecule has 0 radical (unpaired) electrons. The third kappa shape index (κ3) is 6.51. The number of anilines is 1. The molecule has 0 bridgehead atoms. The Morgan fingerprint density at radius 1 is 0.774 bits per heavy atom. The van der Waals surface area contributed by atoms with E-state index in [0.717, 1.165) is 12.1 Å². The maximum absolute atomic E-state index is 13.8. The lowest BCUT2D eigenvalue weighted by Gasteiger charge is -2.17. The van der Waals surface area contributed by atoms with Gasteiger partial charge in [0, 0.05) is 17.3 Å². The molecule has 0 saturated carbocycles. The number of hydrogen-bond acceptors (Lipinski definition) is 1. The van der Waals surface area contributed by atoms with Crippen LogP contribution in [-0.4, -0.2) is 0 Å². The van der Waals surface area contributed by atoms with Gasteiger partial charge in [0.05, 0.1) is 15.6 Å². The SMILES string of the molecule is O=P(C=C(Cl)c1ccccc1)(/C=C(\Cl)c1ccccc1)Nc1cccc(C(F)(F)F)c1. The van der Waals surface area contributed by atoms with Crippen LogP contribution in [-0.2, 0) is 10.7 Å². The van der Waals surface area contributed by atoms with Gasteiger partial charge in [0.1, 0.15) is 0 Å². The maximum Gasteiger partial charge on any atom is 0.416 e. The van der Waals surface area contributed by atoms with Crippen molar-refractivity contribution >= 4 is 46.2 Å². The van der Waals surface area contributed by atoms with Gasteiger partial charge in [-0.25, -0.2) is 0 Å². The molecule has 3 aromatic carbocycles. The fourth-order valence-corrected chi connectivity index (χ4v) is 5.59. The molecule has 160 valence electrons. The van der Waals surface area contributed by atoms with Gasteiger partial charge in [0.15, 0.2) is 0 Å². The first-order valence-electron chi connectivity index (χ1n) is 9.09. The van der Waals surface area contributed by atoms with Crippen molar-refractivity contribution in [3.63, 3.8) is 0 Å². The smallest absolute Gasteiger partial charge is 0.330 e. The Morgan fingerprint density at radius 3 is 1.71 bits per heavy atom. The molecule has 0 amide bonds. The van der Waals surface area contributed by atoms with Gasteiger partial charge in [-0.05, 0) is 29.3 Å². The first-order valence-corrected chi connectivity index (χ1v) is 11.7. The minimum Gasteiger partial charge on any atom is -0.330 e. The minimum atomic E-state index is -4.53. The van der Waals surface area contributed by atoms with E-state index in [1.807, 2.05) is 0 Å². The normalized spacial score (nSPS) is 14.7. The molecule has 3 rings (SSSR count). The van der Waals surface area contributed by atoms with Gasteiger partial charge in [0.25, 0.3) is 0 Å². The van der Waals surface area contributed by atoms with Crippen molar-refractivity contribution in [2.45, 2.75) is 6.18 Å². The van der Waals surface area contributed by atoms with Crippen LogP contribution in [0.3, 0.4) is 0 Å². The average molecular weight is 482 g/mol. The van der Waals surface area contributed by atoms with Gasteiger partial charge >= 0.3 is 6.18 Å². The molecule has 0 saturated heterocycles. The molecule has 0 fully saturated rings. The first kappa shape index (κ1) is 23.2. The van der Waals surface area contributed by atoms with E-state index in [-0.39, 0.29) is 15.8 Å². The molecule has 1 atom stereocenters. The predicted octanol–water partition coefficient (Wildman–Crippen LogP) is 8.87. The van der Waals surface area contributed by atoms with Crippen LogP contribution in [0.15, 0.2) is 96.6 Å². The molecule has 0 aliphatic carbocycles. The first-order chi connectivity index (χ1) is 14.7. The topological polar surface area (TPSA) is 29.1 Å². The van der Waals surface area contributed by atoms with Crippen molar-refractivity contribution < 1.29 is 17.7 Å². The van der Waals surface area contributed by atoms with Gasteiger partial charge in [-0.2, -0.15) is 13.2 Å². The summed E-state index contributed by atoms with van der Waals surface area (Å²) in [6.45, 7) is 0. The van der Waals surface area contributed by atoms with E-state index in [1.165, 1.54) is 23.8 Å². The molecule has 0 aliphatic rings. The molecule has 0 heterocycles. The summed E-state index contributed by atoms with van der Waals surface area (Å²) >= 11 is 12.8. The van der Waals surface area contributed by atoms with E-state index < -0.39 is 19.0 Å². The summed E-state index contributed by atoms with van der Waals surface area (Å²) < 4.78 is 53.1. The van der Waals surface area contributed by atoms with Gasteiger partial charge in [-0.15, -0.1) is 0 Å². The lowest BCUT2D eigenvalue weighted by atomic mass is 10.2. The summed E-state index contributed by atoms with van der Waals surface area (Å²) in [4.78, 5) is 0. The average Bonchev–Trinajstić information content (AvgIpc) is 2.74. The van der Waals surface area contributed by atoms with Crippen molar-refractivity contribution in [1.82, 2.24) is 0 Å². The largest absolute Gasteiger partial charge is 0.416 e. The summed E-state index contributed by atoms with van der Waals surface area (Å²) in [7, 11) is -3.66. The molecule has 2 nitrogen and oxygen atoms in total. The Balaban J connectivity index is 2.05. The second-order valence-corrected chi connectivity index (χ2v) is 9.56. The van der Waals surface area contributed by atoms with Crippen molar-refractivity contribution in [2.75, 3.05) is 5.09 Å². The number of halogens is 5. The molecule has 31 heavy (non-hydrogen) atoms. The van der Waals surface area contributed by atoms with E-state index in [2.05, 4.69) is 5.09 Å². The zero-order valence-electron chi connectivity index (χ0n) is 16.0. The molecule has 1 N–H and O–H groups in total. The molecule has 0 aliphatic heterocycles. The number of hydrogen-bond donors (Lipinski definition) is 1.